The van der Waals surface area contributed by atoms with Gasteiger partial charge in [-0.25, -0.2) is 0 Å². The predicted molar refractivity (Wildman–Crippen MR) is 76.2 cm³/mol. The first-order chi connectivity index (χ1) is 9.99. The summed E-state index contributed by atoms with van der Waals surface area (Å²) in [5.41, 5.74) is 0.151. The molecule has 0 bridgehead atoms. The molecule has 0 spiro atoms. The van der Waals surface area contributed by atoms with Crippen LogP contribution in [0.3, 0.4) is 0 Å². The van der Waals surface area contributed by atoms with Crippen LogP contribution in [0, 0.1) is 10.1 Å². The Hall–Kier alpha value is -1.93. The van der Waals surface area contributed by atoms with Crippen LogP contribution < -0.4 is 5.32 Å². The summed E-state index contributed by atoms with van der Waals surface area (Å²) in [6.07, 6.45) is 1.83. The fourth-order valence-corrected chi connectivity index (χ4v) is 1.93. The third-order valence-corrected chi connectivity index (χ3v) is 2.91. The molecule has 1 aromatic heterocycles. The standard InChI is InChI=1S/C13H21N3O5/c1-3-6-15-8-10(16(19)20)7-12(15)13(18)14-5-4-11(17)9-21-2/h7-8,11,17H,3-6,9H2,1-2H3,(H,14,18). The van der Waals surface area contributed by atoms with E-state index in [0.717, 1.165) is 6.42 Å². The maximum absolute atomic E-state index is 12.0. The lowest BCUT2D eigenvalue weighted by Gasteiger charge is -2.11. The number of carbonyl (C=O) groups excluding carboxylic acids is 1. The zero-order valence-corrected chi connectivity index (χ0v) is 12.2. The van der Waals surface area contributed by atoms with Crippen LogP contribution in [-0.4, -0.2) is 46.9 Å². The number of aryl methyl sites for hydroxylation is 1. The molecule has 2 N–H and O–H groups in total. The molecule has 0 fully saturated rings. The molecule has 0 radical (unpaired) electrons. The molecular weight excluding hydrogens is 278 g/mol. The van der Waals surface area contributed by atoms with Crippen molar-refractivity contribution in [1.82, 2.24) is 9.88 Å². The maximum atomic E-state index is 12.0. The van der Waals surface area contributed by atoms with Gasteiger partial charge in [0.2, 0.25) is 0 Å². The number of nitrogens with one attached hydrogen (secondary N) is 1. The van der Waals surface area contributed by atoms with Gasteiger partial charge in [0.1, 0.15) is 5.69 Å². The normalized spacial score (nSPS) is 12.1. The Morgan fingerprint density at radius 2 is 2.33 bits per heavy atom. The van der Waals surface area contributed by atoms with E-state index in [0.29, 0.717) is 13.0 Å². The van der Waals surface area contributed by atoms with Gasteiger partial charge in [0.15, 0.2) is 0 Å². The van der Waals surface area contributed by atoms with E-state index in [1.165, 1.54) is 19.4 Å². The molecular formula is C13H21N3O5. The van der Waals surface area contributed by atoms with Crippen molar-refractivity contribution in [2.24, 2.45) is 0 Å². The molecule has 0 aliphatic heterocycles. The number of nitro groups is 1. The Kier molecular flexibility index (Phi) is 6.83. The lowest BCUT2D eigenvalue weighted by molar-refractivity contribution is -0.384. The second-order valence-corrected chi connectivity index (χ2v) is 4.69. The van der Waals surface area contributed by atoms with Crippen LogP contribution in [-0.2, 0) is 11.3 Å². The van der Waals surface area contributed by atoms with E-state index >= 15 is 0 Å². The highest BCUT2D eigenvalue weighted by Crippen LogP contribution is 2.17. The molecule has 0 aromatic carbocycles. The molecule has 0 aliphatic rings. The largest absolute Gasteiger partial charge is 0.391 e. The summed E-state index contributed by atoms with van der Waals surface area (Å²) >= 11 is 0. The van der Waals surface area contributed by atoms with Gasteiger partial charge in [-0.3, -0.25) is 14.9 Å². The number of nitrogens with zero attached hydrogens (tertiary/aromatic N) is 2. The first-order valence-electron chi connectivity index (χ1n) is 6.79. The van der Waals surface area contributed by atoms with E-state index in [1.54, 1.807) is 4.57 Å². The van der Waals surface area contributed by atoms with Gasteiger partial charge in [-0.2, -0.15) is 0 Å². The molecule has 8 nitrogen and oxygen atoms in total. The summed E-state index contributed by atoms with van der Waals surface area (Å²) in [6.45, 7) is 2.93. The number of ether oxygens (including phenoxy) is 1. The molecule has 21 heavy (non-hydrogen) atoms. The SMILES string of the molecule is CCCn1cc([N+](=O)[O-])cc1C(=O)NCCC(O)COC. The lowest BCUT2D eigenvalue weighted by Crippen LogP contribution is -2.30. The Morgan fingerprint density at radius 3 is 2.90 bits per heavy atom. The lowest BCUT2D eigenvalue weighted by atomic mass is 10.2. The van der Waals surface area contributed by atoms with Crippen molar-refractivity contribution in [2.75, 3.05) is 20.3 Å². The van der Waals surface area contributed by atoms with Crippen molar-refractivity contribution in [3.05, 3.63) is 28.1 Å². The van der Waals surface area contributed by atoms with Crippen molar-refractivity contribution >= 4 is 11.6 Å². The minimum absolute atomic E-state index is 0.104. The number of aliphatic hydroxyl groups is 1. The summed E-state index contributed by atoms with van der Waals surface area (Å²) in [5.74, 6) is -0.388. The highest BCUT2D eigenvalue weighted by molar-refractivity contribution is 5.93. The molecule has 1 atom stereocenters. The van der Waals surface area contributed by atoms with Crippen molar-refractivity contribution in [1.29, 1.82) is 0 Å². The van der Waals surface area contributed by atoms with Crippen molar-refractivity contribution < 1.29 is 19.6 Å². The molecule has 0 saturated heterocycles. The van der Waals surface area contributed by atoms with Gasteiger partial charge in [-0.1, -0.05) is 6.92 Å². The molecule has 1 rings (SSSR count). The minimum Gasteiger partial charge on any atom is -0.391 e. The zero-order valence-electron chi connectivity index (χ0n) is 12.2. The topological polar surface area (TPSA) is 107 Å². The van der Waals surface area contributed by atoms with E-state index in [9.17, 15) is 20.0 Å². The summed E-state index contributed by atoms with van der Waals surface area (Å²) in [4.78, 5) is 22.3. The second-order valence-electron chi connectivity index (χ2n) is 4.69. The second kappa shape index (κ2) is 8.38. The Balaban J connectivity index is 2.66. The highest BCUT2D eigenvalue weighted by Gasteiger charge is 2.18. The fraction of sp³-hybridized carbons (Fsp3) is 0.615. The van der Waals surface area contributed by atoms with E-state index in [-0.39, 0.29) is 30.4 Å². The minimum atomic E-state index is -0.646. The molecule has 1 aromatic rings. The summed E-state index contributed by atoms with van der Waals surface area (Å²) in [7, 11) is 1.48. The smallest absolute Gasteiger partial charge is 0.287 e. The van der Waals surface area contributed by atoms with E-state index in [1.807, 2.05) is 6.92 Å². The number of carbonyl (C=O) groups is 1. The Labute approximate surface area is 122 Å². The Morgan fingerprint density at radius 1 is 1.62 bits per heavy atom. The Bertz CT molecular complexity index is 486. The maximum Gasteiger partial charge on any atom is 0.287 e. The summed E-state index contributed by atoms with van der Waals surface area (Å²) < 4.78 is 6.35. The number of aromatic nitrogens is 1. The van der Waals surface area contributed by atoms with Gasteiger partial charge < -0.3 is 19.7 Å². The van der Waals surface area contributed by atoms with E-state index < -0.39 is 11.0 Å². The van der Waals surface area contributed by atoms with Gasteiger partial charge in [-0.05, 0) is 12.8 Å². The third-order valence-electron chi connectivity index (χ3n) is 2.91. The van der Waals surface area contributed by atoms with E-state index in [4.69, 9.17) is 4.74 Å². The summed E-state index contributed by atoms with van der Waals surface area (Å²) in [6, 6.07) is 1.26. The number of methoxy groups -OCH3 is 1. The monoisotopic (exact) mass is 299 g/mol. The van der Waals surface area contributed by atoms with Crippen molar-refractivity contribution in [3.63, 3.8) is 0 Å². The van der Waals surface area contributed by atoms with E-state index in [2.05, 4.69) is 5.32 Å². The van der Waals surface area contributed by atoms with Gasteiger partial charge in [0.25, 0.3) is 11.6 Å². The molecule has 1 unspecified atom stereocenters. The molecule has 118 valence electrons. The van der Waals surface area contributed by atoms with Crippen LogP contribution in [0.1, 0.15) is 30.3 Å². The number of hydrogen-bond acceptors (Lipinski definition) is 5. The number of rotatable bonds is 9. The van der Waals surface area contributed by atoms with Gasteiger partial charge in [0.05, 0.1) is 23.8 Å². The van der Waals surface area contributed by atoms with Crippen LogP contribution >= 0.6 is 0 Å². The van der Waals surface area contributed by atoms with Gasteiger partial charge in [-0.15, -0.1) is 0 Å². The average molecular weight is 299 g/mol. The average Bonchev–Trinajstić information content (AvgIpc) is 2.83. The molecule has 0 aliphatic carbocycles. The van der Waals surface area contributed by atoms with Gasteiger partial charge >= 0.3 is 0 Å². The molecule has 8 heteroatoms. The quantitative estimate of drug-likeness (QED) is 0.521. The fourth-order valence-electron chi connectivity index (χ4n) is 1.93. The van der Waals surface area contributed by atoms with Crippen LogP contribution in [0.5, 0.6) is 0 Å². The van der Waals surface area contributed by atoms with Crippen LogP contribution in [0.2, 0.25) is 0 Å². The van der Waals surface area contributed by atoms with Gasteiger partial charge in [0, 0.05) is 26.3 Å². The first-order valence-corrected chi connectivity index (χ1v) is 6.79. The van der Waals surface area contributed by atoms with Crippen molar-refractivity contribution in [3.8, 4) is 0 Å². The molecule has 0 saturated carbocycles. The summed E-state index contributed by atoms with van der Waals surface area (Å²) in [5, 5.41) is 22.9. The van der Waals surface area contributed by atoms with Crippen LogP contribution in [0.4, 0.5) is 5.69 Å². The zero-order chi connectivity index (χ0) is 15.8. The van der Waals surface area contributed by atoms with Crippen molar-refractivity contribution in [2.45, 2.75) is 32.4 Å². The highest BCUT2D eigenvalue weighted by atomic mass is 16.6. The molecule has 1 amide bonds. The number of hydrogen-bond donors (Lipinski definition) is 2. The molecule has 1 heterocycles. The number of amides is 1. The predicted octanol–water partition coefficient (Wildman–Crippen LogP) is 0.933. The van der Waals surface area contributed by atoms with Crippen LogP contribution in [0.15, 0.2) is 12.3 Å². The van der Waals surface area contributed by atoms with Crippen LogP contribution in [0.25, 0.3) is 0 Å². The first kappa shape index (κ1) is 17.1. The number of aliphatic hydroxyl groups excluding tert-OH is 1. The third kappa shape index (κ3) is 5.16.